The first-order chi connectivity index (χ1) is 13.2. The molecule has 1 N–H and O–H groups in total. The molecular weight excluding hydrogens is 354 g/mol. The zero-order chi connectivity index (χ0) is 20.5. The Bertz CT molecular complexity index is 894. The molecule has 28 heavy (non-hydrogen) atoms. The molecule has 5 heteroatoms. The monoisotopic (exact) mass is 383 g/mol. The summed E-state index contributed by atoms with van der Waals surface area (Å²) in [7, 11) is 1.64. The molecule has 1 aromatic carbocycles. The lowest BCUT2D eigenvalue weighted by Gasteiger charge is -2.27. The van der Waals surface area contributed by atoms with Crippen LogP contribution in [0.5, 0.6) is 5.75 Å². The van der Waals surface area contributed by atoms with Gasteiger partial charge in [-0.3, -0.25) is 9.59 Å². The molecule has 0 unspecified atom stereocenters. The van der Waals surface area contributed by atoms with Gasteiger partial charge in [0.1, 0.15) is 17.3 Å². The highest BCUT2D eigenvalue weighted by molar-refractivity contribution is 6.01. The van der Waals surface area contributed by atoms with Crippen molar-refractivity contribution in [2.24, 2.45) is 5.41 Å². The lowest BCUT2D eigenvalue weighted by molar-refractivity contribution is -0.121. The number of nitrogens with one attached hydrogen (secondary N) is 1. The number of furan rings is 1. The number of hydrogen-bond acceptors (Lipinski definition) is 4. The Morgan fingerprint density at radius 3 is 2.71 bits per heavy atom. The summed E-state index contributed by atoms with van der Waals surface area (Å²) in [6.45, 7) is 7.93. The zero-order valence-electron chi connectivity index (χ0n) is 17.3. The molecule has 0 saturated carbocycles. The summed E-state index contributed by atoms with van der Waals surface area (Å²) in [5.41, 5.74) is 2.31. The van der Waals surface area contributed by atoms with Crippen LogP contribution in [0.3, 0.4) is 0 Å². The van der Waals surface area contributed by atoms with Crippen molar-refractivity contribution in [1.29, 1.82) is 0 Å². The van der Waals surface area contributed by atoms with E-state index in [4.69, 9.17) is 9.15 Å². The van der Waals surface area contributed by atoms with Gasteiger partial charge in [-0.2, -0.15) is 0 Å². The summed E-state index contributed by atoms with van der Waals surface area (Å²) in [5, 5.41) is 3.04. The zero-order valence-corrected chi connectivity index (χ0v) is 17.3. The van der Waals surface area contributed by atoms with E-state index < -0.39 is 0 Å². The fourth-order valence-corrected chi connectivity index (χ4v) is 4.06. The number of methoxy groups -OCH3 is 1. The summed E-state index contributed by atoms with van der Waals surface area (Å²) >= 11 is 0. The molecule has 0 aliphatic heterocycles. The lowest BCUT2D eigenvalue weighted by Crippen LogP contribution is -2.35. The molecule has 5 nitrogen and oxygen atoms in total. The van der Waals surface area contributed by atoms with Crippen LogP contribution in [0.15, 0.2) is 28.7 Å². The van der Waals surface area contributed by atoms with Gasteiger partial charge >= 0.3 is 0 Å². The minimum Gasteiger partial charge on any atom is -0.496 e. The minimum absolute atomic E-state index is 0.0542. The smallest absolute Gasteiger partial charge is 0.224 e. The van der Waals surface area contributed by atoms with Gasteiger partial charge in [-0.1, -0.05) is 32.0 Å². The summed E-state index contributed by atoms with van der Waals surface area (Å²) in [6.07, 6.45) is 2.04. The number of aryl methyl sites for hydroxylation is 1. The molecule has 1 heterocycles. The van der Waals surface area contributed by atoms with Crippen molar-refractivity contribution < 1.29 is 18.7 Å². The highest BCUT2D eigenvalue weighted by Crippen LogP contribution is 2.38. The number of ketones is 1. The molecule has 3 rings (SSSR count). The van der Waals surface area contributed by atoms with Crippen molar-refractivity contribution in [3.05, 3.63) is 52.5 Å². The maximum Gasteiger partial charge on any atom is 0.224 e. The van der Waals surface area contributed by atoms with Crippen LogP contribution in [0.2, 0.25) is 0 Å². The maximum absolute atomic E-state index is 12.6. The molecule has 0 radical (unpaired) electrons. The van der Waals surface area contributed by atoms with E-state index in [2.05, 4.69) is 19.2 Å². The van der Waals surface area contributed by atoms with E-state index in [1.807, 2.05) is 38.1 Å². The van der Waals surface area contributed by atoms with Crippen LogP contribution in [0.1, 0.15) is 60.2 Å². The highest BCUT2D eigenvalue weighted by atomic mass is 16.5. The number of carbonyl (C=O) groups is 2. The van der Waals surface area contributed by atoms with Gasteiger partial charge in [-0.15, -0.1) is 0 Å². The third kappa shape index (κ3) is 4.29. The van der Waals surface area contributed by atoms with E-state index in [1.54, 1.807) is 7.11 Å². The van der Waals surface area contributed by atoms with Crippen LogP contribution in [0.25, 0.3) is 0 Å². The second-order valence-electron chi connectivity index (χ2n) is 8.54. The number of amides is 1. The number of rotatable bonds is 6. The van der Waals surface area contributed by atoms with Crippen LogP contribution in [-0.4, -0.2) is 24.8 Å². The number of carbonyl (C=O) groups excluding carboxylic acids is 2. The molecule has 1 amide bonds. The van der Waals surface area contributed by atoms with Gasteiger partial charge in [0.25, 0.3) is 0 Å². The van der Waals surface area contributed by atoms with Gasteiger partial charge in [-0.05, 0) is 37.3 Å². The average Bonchev–Trinajstić information content (AvgIpc) is 2.89. The molecular formula is C23H29NO4. The summed E-state index contributed by atoms with van der Waals surface area (Å²) in [4.78, 5) is 25.3. The first kappa shape index (κ1) is 20.2. The Labute approximate surface area is 166 Å². The molecule has 0 spiro atoms. The van der Waals surface area contributed by atoms with E-state index in [0.717, 1.165) is 29.1 Å². The SMILES string of the molecule is COc1ccccc1C[C@H](C)NC(=O)Cc1c(C)oc2c1C(=O)CC(C)(C)C2. The van der Waals surface area contributed by atoms with Gasteiger partial charge in [0.2, 0.25) is 5.91 Å². The Balaban J connectivity index is 1.69. The van der Waals surface area contributed by atoms with Gasteiger partial charge in [0.05, 0.1) is 19.1 Å². The van der Waals surface area contributed by atoms with Crippen molar-refractivity contribution in [2.45, 2.75) is 59.4 Å². The third-order valence-corrected chi connectivity index (χ3v) is 5.30. The molecule has 0 bridgehead atoms. The largest absolute Gasteiger partial charge is 0.496 e. The van der Waals surface area contributed by atoms with E-state index >= 15 is 0 Å². The average molecular weight is 383 g/mol. The first-order valence-corrected chi connectivity index (χ1v) is 9.76. The van der Waals surface area contributed by atoms with Crippen molar-refractivity contribution in [3.8, 4) is 5.75 Å². The van der Waals surface area contributed by atoms with E-state index in [9.17, 15) is 9.59 Å². The van der Waals surface area contributed by atoms with Crippen LogP contribution >= 0.6 is 0 Å². The highest BCUT2D eigenvalue weighted by Gasteiger charge is 2.36. The first-order valence-electron chi connectivity index (χ1n) is 9.76. The summed E-state index contributed by atoms with van der Waals surface area (Å²) in [5.74, 6) is 2.18. The number of ether oxygens (including phenoxy) is 1. The number of Topliss-reactive ketones (excluding diaryl/α,β-unsaturated/α-hetero) is 1. The van der Waals surface area contributed by atoms with Crippen LogP contribution in [0, 0.1) is 12.3 Å². The molecule has 1 aliphatic carbocycles. The van der Waals surface area contributed by atoms with Crippen molar-refractivity contribution in [1.82, 2.24) is 5.32 Å². The number of para-hydroxylation sites is 1. The van der Waals surface area contributed by atoms with Crippen molar-refractivity contribution in [2.75, 3.05) is 7.11 Å². The second kappa shape index (κ2) is 7.82. The number of fused-ring (bicyclic) bond motifs is 1. The van der Waals surface area contributed by atoms with E-state index in [1.165, 1.54) is 0 Å². The van der Waals surface area contributed by atoms with Gasteiger partial charge in [0, 0.05) is 24.4 Å². The third-order valence-electron chi connectivity index (χ3n) is 5.30. The number of benzene rings is 1. The van der Waals surface area contributed by atoms with Crippen molar-refractivity contribution >= 4 is 11.7 Å². The topological polar surface area (TPSA) is 68.5 Å². The Morgan fingerprint density at radius 1 is 1.29 bits per heavy atom. The molecule has 150 valence electrons. The summed E-state index contributed by atoms with van der Waals surface area (Å²) in [6, 6.07) is 7.74. The quantitative estimate of drug-likeness (QED) is 0.817. The molecule has 0 fully saturated rings. The lowest BCUT2D eigenvalue weighted by atomic mass is 9.75. The van der Waals surface area contributed by atoms with Crippen LogP contribution in [0.4, 0.5) is 0 Å². The molecule has 2 aromatic rings. The molecule has 0 saturated heterocycles. The normalized spacial score (nSPS) is 16.4. The maximum atomic E-state index is 12.6. The predicted molar refractivity (Wildman–Crippen MR) is 108 cm³/mol. The Hall–Kier alpha value is -2.56. The fourth-order valence-electron chi connectivity index (χ4n) is 4.06. The molecule has 1 atom stereocenters. The standard InChI is InChI=1S/C23H29NO4/c1-14(10-16-8-6-7-9-19(16)27-5)24-21(26)11-17-15(2)28-20-13-23(3,4)12-18(25)22(17)20/h6-9,14H,10-13H2,1-5H3,(H,24,26)/t14-/m0/s1. The van der Waals surface area contributed by atoms with Gasteiger partial charge in [-0.25, -0.2) is 0 Å². The van der Waals surface area contributed by atoms with Gasteiger partial charge in [0.15, 0.2) is 5.78 Å². The molecule has 1 aliphatic rings. The van der Waals surface area contributed by atoms with Crippen LogP contribution in [-0.2, 0) is 24.1 Å². The van der Waals surface area contributed by atoms with Gasteiger partial charge < -0.3 is 14.5 Å². The van der Waals surface area contributed by atoms with Crippen molar-refractivity contribution in [3.63, 3.8) is 0 Å². The fraction of sp³-hybridized carbons (Fsp3) is 0.478. The summed E-state index contributed by atoms with van der Waals surface area (Å²) < 4.78 is 11.2. The van der Waals surface area contributed by atoms with E-state index in [0.29, 0.717) is 24.2 Å². The predicted octanol–water partition coefficient (Wildman–Crippen LogP) is 4.04. The second-order valence-corrected chi connectivity index (χ2v) is 8.54. The minimum atomic E-state index is -0.105. The number of hydrogen-bond donors (Lipinski definition) is 1. The Morgan fingerprint density at radius 2 is 2.00 bits per heavy atom. The van der Waals surface area contributed by atoms with E-state index in [-0.39, 0.29) is 29.6 Å². The molecule has 1 aromatic heterocycles. The Kier molecular flexibility index (Phi) is 5.64. The van der Waals surface area contributed by atoms with Crippen LogP contribution < -0.4 is 10.1 Å².